The topological polar surface area (TPSA) is 79.4 Å². The summed E-state index contributed by atoms with van der Waals surface area (Å²) < 4.78 is 27.4. The molecule has 1 aromatic carbocycles. The van der Waals surface area contributed by atoms with Crippen LogP contribution < -0.4 is 5.32 Å². The average Bonchev–Trinajstić information content (AvgIpc) is 2.64. The highest BCUT2D eigenvalue weighted by molar-refractivity contribution is 7.89. The highest BCUT2D eigenvalue weighted by Crippen LogP contribution is 2.26. The number of halogens is 1. The second-order valence-electron chi connectivity index (χ2n) is 6.24. The molecular weight excluding hydrogens is 374 g/mol. The van der Waals surface area contributed by atoms with Crippen molar-refractivity contribution in [2.75, 3.05) is 18.4 Å². The number of benzene rings is 1. The van der Waals surface area contributed by atoms with E-state index in [4.69, 9.17) is 11.6 Å². The zero-order valence-corrected chi connectivity index (χ0v) is 16.0. The number of hydrogen-bond donors (Lipinski definition) is 1. The lowest BCUT2D eigenvalue weighted by Gasteiger charge is -2.26. The summed E-state index contributed by atoms with van der Waals surface area (Å²) in [6, 6.07) is 8.04. The van der Waals surface area contributed by atoms with Gasteiger partial charge < -0.3 is 5.32 Å². The summed E-state index contributed by atoms with van der Waals surface area (Å²) in [6.45, 7) is 2.81. The zero-order chi connectivity index (χ0) is 18.7. The molecule has 1 aliphatic heterocycles. The minimum absolute atomic E-state index is 0.0956. The molecule has 2 aromatic rings. The number of aromatic nitrogens is 1. The van der Waals surface area contributed by atoms with Gasteiger partial charge in [0.2, 0.25) is 10.0 Å². The van der Waals surface area contributed by atoms with Gasteiger partial charge in [0, 0.05) is 25.0 Å². The largest absolute Gasteiger partial charge is 0.322 e. The minimum atomic E-state index is -3.58. The second kappa shape index (κ2) is 7.73. The van der Waals surface area contributed by atoms with E-state index in [9.17, 15) is 13.2 Å². The van der Waals surface area contributed by atoms with Gasteiger partial charge in [-0.05, 0) is 49.6 Å². The van der Waals surface area contributed by atoms with Crippen molar-refractivity contribution in [3.05, 3.63) is 52.8 Å². The highest BCUT2D eigenvalue weighted by Gasteiger charge is 2.27. The number of sulfonamides is 1. The molecule has 0 atom stereocenters. The molecule has 0 aliphatic carbocycles. The molecule has 2 heterocycles. The molecule has 26 heavy (non-hydrogen) atoms. The van der Waals surface area contributed by atoms with Crippen LogP contribution in [0.3, 0.4) is 0 Å². The summed E-state index contributed by atoms with van der Waals surface area (Å²) in [6.07, 6.45) is 4.28. The van der Waals surface area contributed by atoms with Gasteiger partial charge in [0.15, 0.2) is 0 Å². The Morgan fingerprint density at radius 2 is 1.92 bits per heavy atom. The number of rotatable bonds is 4. The summed E-state index contributed by atoms with van der Waals surface area (Å²) in [5.74, 6) is -0.437. The molecule has 0 spiro atoms. The van der Waals surface area contributed by atoms with Crippen molar-refractivity contribution in [3.63, 3.8) is 0 Å². The quantitative estimate of drug-likeness (QED) is 0.806. The van der Waals surface area contributed by atoms with E-state index in [-0.39, 0.29) is 15.6 Å². The van der Waals surface area contributed by atoms with Crippen LogP contribution >= 0.6 is 11.6 Å². The Hall–Kier alpha value is -1.96. The van der Waals surface area contributed by atoms with E-state index in [1.54, 1.807) is 31.2 Å². The molecular formula is C18H20ClN3O3S. The second-order valence-corrected chi connectivity index (χ2v) is 8.51. The van der Waals surface area contributed by atoms with Crippen molar-refractivity contribution in [2.45, 2.75) is 31.1 Å². The standard InChI is InChI=1S/C18H20ClN3O3S/c1-13-7-8-14(21-18(23)15-6-5-9-20-17(15)19)12-16(13)26(24,25)22-10-3-2-4-11-22/h5-9,12H,2-4,10-11H2,1H3,(H,21,23). The Balaban J connectivity index is 1.88. The highest BCUT2D eigenvalue weighted by atomic mass is 35.5. The van der Waals surface area contributed by atoms with Gasteiger partial charge in [-0.15, -0.1) is 0 Å². The fraction of sp³-hybridized carbons (Fsp3) is 0.333. The van der Waals surface area contributed by atoms with Crippen molar-refractivity contribution in [1.82, 2.24) is 9.29 Å². The van der Waals surface area contributed by atoms with E-state index >= 15 is 0 Å². The number of nitrogens with zero attached hydrogens (tertiary/aromatic N) is 2. The lowest BCUT2D eigenvalue weighted by molar-refractivity contribution is 0.102. The number of amides is 1. The smallest absolute Gasteiger partial charge is 0.258 e. The van der Waals surface area contributed by atoms with E-state index in [1.165, 1.54) is 16.6 Å². The number of piperidine rings is 1. The molecule has 0 saturated carbocycles. The molecule has 6 nitrogen and oxygen atoms in total. The van der Waals surface area contributed by atoms with Gasteiger partial charge in [0.25, 0.3) is 5.91 Å². The van der Waals surface area contributed by atoms with E-state index in [0.29, 0.717) is 24.3 Å². The Kier molecular flexibility index (Phi) is 5.60. The summed E-state index contributed by atoms with van der Waals surface area (Å²) in [5, 5.41) is 2.79. The fourth-order valence-corrected chi connectivity index (χ4v) is 4.93. The maximum atomic E-state index is 13.0. The van der Waals surface area contributed by atoms with Crippen LogP contribution in [0.4, 0.5) is 5.69 Å². The normalized spacial score (nSPS) is 15.6. The predicted molar refractivity (Wildman–Crippen MR) is 101 cm³/mol. The van der Waals surface area contributed by atoms with E-state index in [1.807, 2.05) is 0 Å². The maximum absolute atomic E-state index is 13.0. The Morgan fingerprint density at radius 1 is 1.19 bits per heavy atom. The van der Waals surface area contributed by atoms with Crippen molar-refractivity contribution < 1.29 is 13.2 Å². The third-order valence-electron chi connectivity index (χ3n) is 4.38. The van der Waals surface area contributed by atoms with Gasteiger partial charge in [-0.1, -0.05) is 24.1 Å². The van der Waals surface area contributed by atoms with Crippen molar-refractivity contribution in [3.8, 4) is 0 Å². The first kappa shape index (κ1) is 18.8. The van der Waals surface area contributed by atoms with Crippen molar-refractivity contribution in [2.24, 2.45) is 0 Å². The molecule has 0 radical (unpaired) electrons. The molecule has 8 heteroatoms. The number of hydrogen-bond acceptors (Lipinski definition) is 4. The molecule has 1 N–H and O–H groups in total. The van der Waals surface area contributed by atoms with Gasteiger partial charge in [0.1, 0.15) is 5.15 Å². The molecule has 0 unspecified atom stereocenters. The number of carbonyl (C=O) groups is 1. The van der Waals surface area contributed by atoms with Gasteiger partial charge in [0.05, 0.1) is 10.5 Å². The van der Waals surface area contributed by atoms with Gasteiger partial charge in [-0.3, -0.25) is 4.79 Å². The lowest BCUT2D eigenvalue weighted by atomic mass is 10.2. The first-order valence-electron chi connectivity index (χ1n) is 8.42. The van der Waals surface area contributed by atoms with Crippen molar-refractivity contribution in [1.29, 1.82) is 0 Å². The molecule has 138 valence electrons. The molecule has 1 aliphatic rings. The molecule has 1 aromatic heterocycles. The van der Waals surface area contributed by atoms with Crippen LogP contribution in [0.5, 0.6) is 0 Å². The van der Waals surface area contributed by atoms with Crippen LogP contribution in [0, 0.1) is 6.92 Å². The SMILES string of the molecule is Cc1ccc(NC(=O)c2cccnc2Cl)cc1S(=O)(=O)N1CCCCC1. The van der Waals surface area contributed by atoms with Crippen molar-refractivity contribution >= 4 is 33.2 Å². The Bertz CT molecular complexity index is 925. The Labute approximate surface area is 158 Å². The number of anilines is 1. The number of pyridine rings is 1. The summed E-state index contributed by atoms with van der Waals surface area (Å²) in [5.41, 5.74) is 1.28. The minimum Gasteiger partial charge on any atom is -0.322 e. The maximum Gasteiger partial charge on any atom is 0.258 e. The van der Waals surface area contributed by atoms with Crippen LogP contribution in [0.2, 0.25) is 5.15 Å². The lowest BCUT2D eigenvalue weighted by Crippen LogP contribution is -2.36. The third kappa shape index (κ3) is 3.90. The van der Waals surface area contributed by atoms with Crippen LogP contribution in [-0.2, 0) is 10.0 Å². The predicted octanol–water partition coefficient (Wildman–Crippen LogP) is 3.47. The number of aryl methyl sites for hydroxylation is 1. The monoisotopic (exact) mass is 393 g/mol. The number of nitrogens with one attached hydrogen (secondary N) is 1. The fourth-order valence-electron chi connectivity index (χ4n) is 2.95. The first-order valence-corrected chi connectivity index (χ1v) is 10.2. The molecule has 3 rings (SSSR count). The third-order valence-corrected chi connectivity index (χ3v) is 6.72. The summed E-state index contributed by atoms with van der Waals surface area (Å²) in [4.78, 5) is 16.5. The van der Waals surface area contributed by atoms with E-state index in [0.717, 1.165) is 19.3 Å². The molecule has 1 amide bonds. The number of carbonyl (C=O) groups excluding carboxylic acids is 1. The van der Waals surface area contributed by atoms with Crippen LogP contribution in [0.1, 0.15) is 35.2 Å². The van der Waals surface area contributed by atoms with Crippen LogP contribution in [0.25, 0.3) is 0 Å². The van der Waals surface area contributed by atoms with Gasteiger partial charge >= 0.3 is 0 Å². The summed E-state index contributed by atoms with van der Waals surface area (Å²) >= 11 is 5.94. The average molecular weight is 394 g/mol. The van der Waals surface area contributed by atoms with Gasteiger partial charge in [-0.25, -0.2) is 13.4 Å². The Morgan fingerprint density at radius 3 is 2.62 bits per heavy atom. The van der Waals surface area contributed by atoms with E-state index in [2.05, 4.69) is 10.3 Å². The molecule has 0 bridgehead atoms. The van der Waals surface area contributed by atoms with Crippen LogP contribution in [-0.4, -0.2) is 36.7 Å². The van der Waals surface area contributed by atoms with Crippen LogP contribution in [0.15, 0.2) is 41.4 Å². The molecule has 1 fully saturated rings. The van der Waals surface area contributed by atoms with E-state index < -0.39 is 15.9 Å². The van der Waals surface area contributed by atoms with Gasteiger partial charge in [-0.2, -0.15) is 4.31 Å². The zero-order valence-electron chi connectivity index (χ0n) is 14.4. The first-order chi connectivity index (χ1) is 12.4. The molecule has 1 saturated heterocycles. The summed E-state index contributed by atoms with van der Waals surface area (Å²) in [7, 11) is -3.58.